The van der Waals surface area contributed by atoms with Crippen LogP contribution >= 0.6 is 0 Å². The lowest BCUT2D eigenvalue weighted by molar-refractivity contribution is 0.967. The molecular formula is C12H17N. The lowest BCUT2D eigenvalue weighted by Crippen LogP contribution is -1.75. The number of nitrogens with zero attached hydrogens (tertiary/aromatic N) is 1. The van der Waals surface area contributed by atoms with E-state index in [9.17, 15) is 0 Å². The summed E-state index contributed by atoms with van der Waals surface area (Å²) in [6.45, 7) is 6.30. The Balaban J connectivity index is 3.82. The Kier molecular flexibility index (Phi) is 6.63. The van der Waals surface area contributed by atoms with E-state index < -0.39 is 0 Å². The van der Waals surface area contributed by atoms with Gasteiger partial charge in [-0.25, -0.2) is 0 Å². The highest BCUT2D eigenvalue weighted by molar-refractivity contribution is 5.16. The van der Waals surface area contributed by atoms with Crippen LogP contribution in [0, 0.1) is 11.3 Å². The predicted molar refractivity (Wildman–Crippen MR) is 57.2 cm³/mol. The molecule has 0 aliphatic rings. The molecule has 0 N–H and O–H groups in total. The van der Waals surface area contributed by atoms with E-state index in [0.29, 0.717) is 0 Å². The van der Waals surface area contributed by atoms with Crippen molar-refractivity contribution in [2.24, 2.45) is 0 Å². The SMILES string of the molecule is CC(C)=CCCC(C)=CC=CC#N. The zero-order valence-corrected chi connectivity index (χ0v) is 8.67. The van der Waals surface area contributed by atoms with E-state index in [0.717, 1.165) is 12.8 Å². The summed E-state index contributed by atoms with van der Waals surface area (Å²) in [5, 5.41) is 8.25. The average molecular weight is 175 g/mol. The molecule has 13 heavy (non-hydrogen) atoms. The molecule has 0 saturated heterocycles. The first-order valence-electron chi connectivity index (χ1n) is 4.52. The maximum Gasteiger partial charge on any atom is 0.0912 e. The van der Waals surface area contributed by atoms with E-state index in [2.05, 4.69) is 26.8 Å². The molecule has 0 saturated carbocycles. The second-order valence-corrected chi connectivity index (χ2v) is 3.32. The van der Waals surface area contributed by atoms with Crippen molar-refractivity contribution in [3.05, 3.63) is 35.5 Å². The number of rotatable bonds is 4. The lowest BCUT2D eigenvalue weighted by atomic mass is 10.1. The molecule has 0 radical (unpaired) electrons. The molecule has 0 aliphatic carbocycles. The monoisotopic (exact) mass is 175 g/mol. The van der Waals surface area contributed by atoms with E-state index in [4.69, 9.17) is 5.26 Å². The van der Waals surface area contributed by atoms with Crippen molar-refractivity contribution in [2.75, 3.05) is 0 Å². The third-order valence-electron chi connectivity index (χ3n) is 1.64. The molecule has 0 aromatic carbocycles. The molecule has 0 heterocycles. The highest BCUT2D eigenvalue weighted by Crippen LogP contribution is 2.06. The predicted octanol–water partition coefficient (Wildman–Crippen LogP) is 3.76. The van der Waals surface area contributed by atoms with Crippen LogP contribution in [0.1, 0.15) is 33.6 Å². The van der Waals surface area contributed by atoms with Crippen molar-refractivity contribution in [3.63, 3.8) is 0 Å². The Morgan fingerprint density at radius 3 is 2.54 bits per heavy atom. The van der Waals surface area contributed by atoms with Crippen molar-refractivity contribution >= 4 is 0 Å². The summed E-state index contributed by atoms with van der Waals surface area (Å²) in [5.41, 5.74) is 2.67. The fourth-order valence-corrected chi connectivity index (χ4v) is 0.927. The van der Waals surface area contributed by atoms with Gasteiger partial charge in [-0.05, 0) is 33.6 Å². The zero-order chi connectivity index (χ0) is 10.1. The highest BCUT2D eigenvalue weighted by Gasteiger charge is 1.86. The number of hydrogen-bond acceptors (Lipinski definition) is 1. The minimum absolute atomic E-state index is 1.07. The maximum absolute atomic E-state index is 8.25. The van der Waals surface area contributed by atoms with E-state index in [-0.39, 0.29) is 0 Å². The third kappa shape index (κ3) is 8.62. The summed E-state index contributed by atoms with van der Waals surface area (Å²) in [6.07, 6.45) is 9.65. The second-order valence-electron chi connectivity index (χ2n) is 3.32. The van der Waals surface area contributed by atoms with E-state index >= 15 is 0 Å². The first-order chi connectivity index (χ1) is 6.16. The molecule has 0 aromatic rings. The van der Waals surface area contributed by atoms with Crippen LogP contribution in [0.25, 0.3) is 0 Å². The molecular weight excluding hydrogens is 158 g/mol. The summed E-state index contributed by atoms with van der Waals surface area (Å²) in [7, 11) is 0. The standard InChI is InChI=1S/C12H17N/c1-11(2)7-6-9-12(3)8-4-5-10-13/h4-5,7-8H,6,9H2,1-3H3. The molecule has 0 spiro atoms. The van der Waals surface area contributed by atoms with Gasteiger partial charge >= 0.3 is 0 Å². The minimum Gasteiger partial charge on any atom is -0.193 e. The Bertz CT molecular complexity index is 257. The van der Waals surface area contributed by atoms with Crippen LogP contribution in [0.4, 0.5) is 0 Å². The average Bonchev–Trinajstić information content (AvgIpc) is 2.04. The summed E-state index contributed by atoms with van der Waals surface area (Å²) in [6, 6.07) is 1.96. The van der Waals surface area contributed by atoms with E-state index in [1.54, 1.807) is 6.08 Å². The second kappa shape index (κ2) is 7.36. The normalized spacial score (nSPS) is 11.4. The zero-order valence-electron chi connectivity index (χ0n) is 8.67. The first-order valence-corrected chi connectivity index (χ1v) is 4.52. The third-order valence-corrected chi connectivity index (χ3v) is 1.64. The van der Waals surface area contributed by atoms with Crippen molar-refractivity contribution in [1.82, 2.24) is 0 Å². The van der Waals surface area contributed by atoms with Gasteiger partial charge in [-0.1, -0.05) is 29.4 Å². The summed E-state index contributed by atoms with van der Waals surface area (Å²) in [4.78, 5) is 0. The molecule has 0 fully saturated rings. The Hall–Kier alpha value is -1.29. The van der Waals surface area contributed by atoms with Crippen LogP contribution in [0.15, 0.2) is 35.5 Å². The van der Waals surface area contributed by atoms with Gasteiger partial charge in [-0.2, -0.15) is 5.26 Å². The van der Waals surface area contributed by atoms with Crippen molar-refractivity contribution in [3.8, 4) is 6.07 Å². The van der Waals surface area contributed by atoms with Gasteiger partial charge in [0, 0.05) is 6.08 Å². The van der Waals surface area contributed by atoms with Crippen LogP contribution in [-0.4, -0.2) is 0 Å². The van der Waals surface area contributed by atoms with Gasteiger partial charge in [0.05, 0.1) is 6.07 Å². The quantitative estimate of drug-likeness (QED) is 0.362. The summed E-state index contributed by atoms with van der Waals surface area (Å²) < 4.78 is 0. The van der Waals surface area contributed by atoms with Crippen LogP contribution < -0.4 is 0 Å². The van der Waals surface area contributed by atoms with Gasteiger partial charge in [0.15, 0.2) is 0 Å². The van der Waals surface area contributed by atoms with Gasteiger partial charge in [-0.15, -0.1) is 0 Å². The smallest absolute Gasteiger partial charge is 0.0912 e. The molecule has 0 amide bonds. The molecule has 0 unspecified atom stereocenters. The molecule has 0 atom stereocenters. The van der Waals surface area contributed by atoms with E-state index in [1.807, 2.05) is 12.1 Å². The van der Waals surface area contributed by atoms with Crippen LogP contribution in [0.5, 0.6) is 0 Å². The van der Waals surface area contributed by atoms with Gasteiger partial charge in [0.25, 0.3) is 0 Å². The molecule has 70 valence electrons. The van der Waals surface area contributed by atoms with Gasteiger partial charge in [0.2, 0.25) is 0 Å². The van der Waals surface area contributed by atoms with Crippen LogP contribution in [0.3, 0.4) is 0 Å². The number of hydrogen-bond donors (Lipinski definition) is 0. The van der Waals surface area contributed by atoms with Crippen molar-refractivity contribution in [2.45, 2.75) is 33.6 Å². The Morgan fingerprint density at radius 1 is 1.31 bits per heavy atom. The fraction of sp³-hybridized carbons (Fsp3) is 0.417. The highest BCUT2D eigenvalue weighted by atomic mass is 14.2. The van der Waals surface area contributed by atoms with E-state index in [1.165, 1.54) is 17.2 Å². The van der Waals surface area contributed by atoms with Crippen molar-refractivity contribution < 1.29 is 0 Å². The molecule has 1 heteroatoms. The Labute approximate surface area is 81.1 Å². The molecule has 0 rings (SSSR count). The van der Waals surface area contributed by atoms with Crippen LogP contribution in [0.2, 0.25) is 0 Å². The fourth-order valence-electron chi connectivity index (χ4n) is 0.927. The Morgan fingerprint density at radius 2 is 2.00 bits per heavy atom. The largest absolute Gasteiger partial charge is 0.193 e. The molecule has 0 aliphatic heterocycles. The van der Waals surface area contributed by atoms with Gasteiger partial charge in [0.1, 0.15) is 0 Å². The first kappa shape index (κ1) is 11.7. The number of allylic oxidation sites excluding steroid dienone is 6. The summed E-state index contributed by atoms with van der Waals surface area (Å²) >= 11 is 0. The lowest BCUT2D eigenvalue weighted by Gasteiger charge is -1.95. The van der Waals surface area contributed by atoms with Gasteiger partial charge in [-0.3, -0.25) is 0 Å². The topological polar surface area (TPSA) is 23.8 Å². The van der Waals surface area contributed by atoms with Crippen molar-refractivity contribution in [1.29, 1.82) is 5.26 Å². The molecule has 0 aromatic heterocycles. The molecule has 0 bridgehead atoms. The van der Waals surface area contributed by atoms with Crippen LogP contribution in [-0.2, 0) is 0 Å². The minimum atomic E-state index is 1.07. The maximum atomic E-state index is 8.25. The van der Waals surface area contributed by atoms with Gasteiger partial charge < -0.3 is 0 Å². The molecule has 1 nitrogen and oxygen atoms in total. The number of nitriles is 1. The summed E-state index contributed by atoms with van der Waals surface area (Å²) in [5.74, 6) is 0.